The third-order valence-corrected chi connectivity index (χ3v) is 4.09. The first kappa shape index (κ1) is 18.1. The van der Waals surface area contributed by atoms with Gasteiger partial charge in [0, 0.05) is 13.6 Å². The van der Waals surface area contributed by atoms with Crippen LogP contribution in [0.25, 0.3) is 0 Å². The van der Waals surface area contributed by atoms with Crippen molar-refractivity contribution in [3.63, 3.8) is 0 Å². The van der Waals surface area contributed by atoms with E-state index >= 15 is 0 Å². The van der Waals surface area contributed by atoms with Crippen LogP contribution in [0.1, 0.15) is 16.7 Å². The van der Waals surface area contributed by atoms with E-state index in [0.29, 0.717) is 36.8 Å². The molecule has 0 radical (unpaired) electrons. The highest BCUT2D eigenvalue weighted by Gasteiger charge is 2.30. The van der Waals surface area contributed by atoms with E-state index in [1.807, 2.05) is 12.1 Å². The van der Waals surface area contributed by atoms with Gasteiger partial charge >= 0.3 is 6.18 Å². The number of benzene rings is 2. The Hall–Kier alpha value is -2.70. The van der Waals surface area contributed by atoms with Crippen molar-refractivity contribution >= 4 is 5.91 Å². The Labute approximate surface area is 149 Å². The molecule has 3 rings (SSSR count). The second-order valence-electron chi connectivity index (χ2n) is 6.10. The van der Waals surface area contributed by atoms with Crippen molar-refractivity contribution in [1.82, 2.24) is 4.90 Å². The molecular weight excluding hydrogens is 347 g/mol. The van der Waals surface area contributed by atoms with E-state index in [9.17, 15) is 18.0 Å². The van der Waals surface area contributed by atoms with E-state index in [1.54, 1.807) is 13.1 Å². The largest absolute Gasteiger partial charge is 0.486 e. The van der Waals surface area contributed by atoms with Crippen molar-refractivity contribution in [2.45, 2.75) is 19.1 Å². The van der Waals surface area contributed by atoms with Gasteiger partial charge in [-0.2, -0.15) is 13.2 Å². The van der Waals surface area contributed by atoms with E-state index in [0.717, 1.165) is 17.7 Å². The number of rotatable bonds is 4. The first-order chi connectivity index (χ1) is 12.3. The SMILES string of the molecule is CN(Cc1ccc2c(c1)OCCO2)C(=O)Cc1ccc(C(F)(F)F)cc1. The number of hydrogen-bond acceptors (Lipinski definition) is 3. The maximum atomic E-state index is 12.6. The fraction of sp³-hybridized carbons (Fsp3) is 0.316. The van der Waals surface area contributed by atoms with Crippen LogP contribution in [0.2, 0.25) is 0 Å². The zero-order valence-electron chi connectivity index (χ0n) is 14.2. The van der Waals surface area contributed by atoms with E-state index in [4.69, 9.17) is 9.47 Å². The molecule has 2 aromatic rings. The zero-order chi connectivity index (χ0) is 18.7. The number of alkyl halides is 3. The van der Waals surface area contributed by atoms with Crippen LogP contribution in [0.5, 0.6) is 11.5 Å². The lowest BCUT2D eigenvalue weighted by molar-refractivity contribution is -0.137. The maximum Gasteiger partial charge on any atom is 0.416 e. The lowest BCUT2D eigenvalue weighted by atomic mass is 10.1. The van der Waals surface area contributed by atoms with E-state index in [1.165, 1.54) is 17.0 Å². The minimum atomic E-state index is -4.38. The standard InChI is InChI=1S/C19H18F3NO3/c1-23(12-14-4-7-16-17(10-14)26-9-8-25-16)18(24)11-13-2-5-15(6-3-13)19(20,21)22/h2-7,10H,8-9,11-12H2,1H3. The number of hydrogen-bond donors (Lipinski definition) is 0. The number of carbonyl (C=O) groups excluding carboxylic acids is 1. The molecule has 0 aromatic heterocycles. The predicted octanol–water partition coefficient (Wildman–Crippen LogP) is 3.68. The number of ether oxygens (including phenoxy) is 2. The topological polar surface area (TPSA) is 38.8 Å². The molecule has 2 aromatic carbocycles. The van der Waals surface area contributed by atoms with Crippen molar-refractivity contribution in [3.05, 3.63) is 59.2 Å². The summed E-state index contributed by atoms with van der Waals surface area (Å²) in [6.07, 6.45) is -4.34. The van der Waals surface area contributed by atoms with Crippen LogP contribution in [0.3, 0.4) is 0 Å². The van der Waals surface area contributed by atoms with Crippen LogP contribution in [0.15, 0.2) is 42.5 Å². The normalized spacial score (nSPS) is 13.4. The second kappa shape index (κ2) is 7.27. The van der Waals surface area contributed by atoms with Crippen LogP contribution in [0.4, 0.5) is 13.2 Å². The first-order valence-electron chi connectivity index (χ1n) is 8.11. The van der Waals surface area contributed by atoms with Gasteiger partial charge in [0.25, 0.3) is 0 Å². The summed E-state index contributed by atoms with van der Waals surface area (Å²) in [6.45, 7) is 1.37. The number of fused-ring (bicyclic) bond motifs is 1. The molecule has 26 heavy (non-hydrogen) atoms. The summed E-state index contributed by atoms with van der Waals surface area (Å²) in [5.41, 5.74) is 0.702. The molecule has 0 fully saturated rings. The third-order valence-electron chi connectivity index (χ3n) is 4.09. The van der Waals surface area contributed by atoms with Gasteiger partial charge in [0.2, 0.25) is 5.91 Å². The van der Waals surface area contributed by atoms with Gasteiger partial charge in [0.1, 0.15) is 13.2 Å². The molecule has 0 unspecified atom stereocenters. The van der Waals surface area contributed by atoms with Gasteiger partial charge in [-0.15, -0.1) is 0 Å². The molecule has 1 amide bonds. The Bertz CT molecular complexity index is 788. The van der Waals surface area contributed by atoms with E-state index < -0.39 is 11.7 Å². The van der Waals surface area contributed by atoms with Crippen LogP contribution < -0.4 is 9.47 Å². The average Bonchev–Trinajstić information content (AvgIpc) is 2.61. The lowest BCUT2D eigenvalue weighted by Crippen LogP contribution is -2.27. The Morgan fingerprint density at radius 3 is 2.27 bits per heavy atom. The van der Waals surface area contributed by atoms with Crippen LogP contribution in [-0.4, -0.2) is 31.1 Å². The van der Waals surface area contributed by atoms with E-state index in [2.05, 4.69) is 0 Å². The molecular formula is C19H18F3NO3. The maximum absolute atomic E-state index is 12.6. The van der Waals surface area contributed by atoms with E-state index in [-0.39, 0.29) is 12.3 Å². The van der Waals surface area contributed by atoms with Crippen molar-refractivity contribution < 1.29 is 27.4 Å². The van der Waals surface area contributed by atoms with Gasteiger partial charge in [0.15, 0.2) is 11.5 Å². The van der Waals surface area contributed by atoms with Gasteiger partial charge in [-0.3, -0.25) is 4.79 Å². The minimum absolute atomic E-state index is 0.0409. The summed E-state index contributed by atoms with van der Waals surface area (Å²) >= 11 is 0. The third kappa shape index (κ3) is 4.28. The second-order valence-corrected chi connectivity index (χ2v) is 6.10. The number of amides is 1. The molecule has 1 aliphatic rings. The summed E-state index contributed by atoms with van der Waals surface area (Å²) in [5.74, 6) is 1.15. The molecule has 1 aliphatic heterocycles. The van der Waals surface area contributed by atoms with Gasteiger partial charge in [-0.25, -0.2) is 0 Å². The quantitative estimate of drug-likeness (QED) is 0.830. The molecule has 0 aliphatic carbocycles. The number of nitrogens with zero attached hydrogens (tertiary/aromatic N) is 1. The van der Waals surface area contributed by atoms with Crippen molar-refractivity contribution in [3.8, 4) is 11.5 Å². The highest BCUT2D eigenvalue weighted by molar-refractivity contribution is 5.78. The minimum Gasteiger partial charge on any atom is -0.486 e. The summed E-state index contributed by atoms with van der Waals surface area (Å²) in [5, 5.41) is 0. The van der Waals surface area contributed by atoms with Crippen LogP contribution in [-0.2, 0) is 23.9 Å². The van der Waals surface area contributed by atoms with Gasteiger partial charge in [-0.1, -0.05) is 18.2 Å². The van der Waals surface area contributed by atoms with Gasteiger partial charge < -0.3 is 14.4 Å². The molecule has 0 saturated heterocycles. The average molecular weight is 365 g/mol. The summed E-state index contributed by atoms with van der Waals surface area (Å²) in [6, 6.07) is 10.1. The molecule has 138 valence electrons. The zero-order valence-corrected chi connectivity index (χ0v) is 14.2. The number of carbonyl (C=O) groups is 1. The molecule has 0 saturated carbocycles. The van der Waals surface area contributed by atoms with Crippen molar-refractivity contribution in [2.24, 2.45) is 0 Å². The molecule has 1 heterocycles. The molecule has 0 bridgehead atoms. The van der Waals surface area contributed by atoms with Gasteiger partial charge in [0.05, 0.1) is 12.0 Å². The Morgan fingerprint density at radius 2 is 1.62 bits per heavy atom. The highest BCUT2D eigenvalue weighted by Crippen LogP contribution is 2.31. The summed E-state index contributed by atoms with van der Waals surface area (Å²) < 4.78 is 48.7. The highest BCUT2D eigenvalue weighted by atomic mass is 19.4. The number of halogens is 3. The molecule has 0 N–H and O–H groups in total. The molecule has 4 nitrogen and oxygen atoms in total. The molecule has 7 heteroatoms. The molecule has 0 atom stereocenters. The fourth-order valence-corrected chi connectivity index (χ4v) is 2.67. The fourth-order valence-electron chi connectivity index (χ4n) is 2.67. The smallest absolute Gasteiger partial charge is 0.416 e. The van der Waals surface area contributed by atoms with Crippen LogP contribution in [0, 0.1) is 0 Å². The van der Waals surface area contributed by atoms with Crippen molar-refractivity contribution in [1.29, 1.82) is 0 Å². The summed E-state index contributed by atoms with van der Waals surface area (Å²) in [4.78, 5) is 13.9. The number of likely N-dealkylation sites (N-methyl/N-ethyl adjacent to an activating group) is 1. The van der Waals surface area contributed by atoms with Crippen molar-refractivity contribution in [2.75, 3.05) is 20.3 Å². The Kier molecular flexibility index (Phi) is 5.06. The Balaban J connectivity index is 1.61. The molecule has 0 spiro atoms. The lowest BCUT2D eigenvalue weighted by Gasteiger charge is -2.21. The first-order valence-corrected chi connectivity index (χ1v) is 8.11. The monoisotopic (exact) mass is 365 g/mol. The Morgan fingerprint density at radius 1 is 1.00 bits per heavy atom. The van der Waals surface area contributed by atoms with Crippen LogP contribution >= 0.6 is 0 Å². The summed E-state index contributed by atoms with van der Waals surface area (Å²) in [7, 11) is 1.66. The van der Waals surface area contributed by atoms with Gasteiger partial charge in [-0.05, 0) is 35.4 Å². The predicted molar refractivity (Wildman–Crippen MR) is 89.1 cm³/mol.